The molecule has 5 nitrogen and oxygen atoms in total. The summed E-state index contributed by atoms with van der Waals surface area (Å²) in [5.74, 6) is 5.00. The van der Waals surface area contributed by atoms with E-state index in [4.69, 9.17) is 5.84 Å². The normalized spacial score (nSPS) is 11.1. The van der Waals surface area contributed by atoms with E-state index in [1.54, 1.807) is 6.21 Å². The summed E-state index contributed by atoms with van der Waals surface area (Å²) in [5, 5.41) is 8.35. The van der Waals surface area contributed by atoms with Gasteiger partial charge in [-0.25, -0.2) is 16.1 Å². The van der Waals surface area contributed by atoms with Gasteiger partial charge in [0.1, 0.15) is 0 Å². The second kappa shape index (κ2) is 5.60. The number of fused-ring (bicyclic) bond motifs is 2. The van der Waals surface area contributed by atoms with Crippen LogP contribution in [0.4, 0.5) is 4.79 Å². The van der Waals surface area contributed by atoms with Crippen LogP contribution in [0.2, 0.25) is 0 Å². The summed E-state index contributed by atoms with van der Waals surface area (Å²) in [4.78, 5) is 11.1. The zero-order valence-electron chi connectivity index (χ0n) is 11.2. The molecule has 0 unspecified atom stereocenters. The fourth-order valence-corrected chi connectivity index (χ4v) is 2.38. The van der Waals surface area contributed by atoms with Crippen LogP contribution < -0.4 is 16.7 Å². The molecule has 0 saturated heterocycles. The Kier molecular flexibility index (Phi) is 3.49. The smallest absolute Gasteiger partial charge is 0.274 e. The monoisotopic (exact) mass is 278 g/mol. The number of hydrazine groups is 1. The maximum atomic E-state index is 11.1. The molecule has 0 radical (unpaired) electrons. The van der Waals surface area contributed by atoms with Gasteiger partial charge in [-0.05, 0) is 27.6 Å². The third-order valence-electron chi connectivity index (χ3n) is 3.30. The average molecular weight is 278 g/mol. The first-order valence-electron chi connectivity index (χ1n) is 6.50. The Morgan fingerprint density at radius 3 is 2.14 bits per heavy atom. The minimum absolute atomic E-state index is 0.559. The van der Waals surface area contributed by atoms with E-state index in [9.17, 15) is 4.79 Å². The molecule has 0 aromatic heterocycles. The molecule has 3 rings (SSSR count). The van der Waals surface area contributed by atoms with Crippen LogP contribution in [0.3, 0.4) is 0 Å². The molecule has 0 saturated carbocycles. The highest BCUT2D eigenvalue weighted by molar-refractivity contribution is 6.13. The van der Waals surface area contributed by atoms with Gasteiger partial charge in [-0.1, -0.05) is 48.5 Å². The minimum Gasteiger partial charge on any atom is -0.274 e. The quantitative estimate of drug-likeness (QED) is 0.221. The highest BCUT2D eigenvalue weighted by Crippen LogP contribution is 2.27. The number of nitrogens with one attached hydrogen (secondary N) is 2. The van der Waals surface area contributed by atoms with E-state index in [1.807, 2.05) is 41.8 Å². The zero-order valence-corrected chi connectivity index (χ0v) is 11.2. The Balaban J connectivity index is 2.18. The maximum Gasteiger partial charge on any atom is 0.349 e. The first-order chi connectivity index (χ1) is 10.3. The second-order valence-electron chi connectivity index (χ2n) is 4.58. The van der Waals surface area contributed by atoms with Crippen molar-refractivity contribution in [3.05, 3.63) is 60.2 Å². The van der Waals surface area contributed by atoms with Crippen LogP contribution in [0, 0.1) is 0 Å². The van der Waals surface area contributed by atoms with Gasteiger partial charge in [0.05, 0.1) is 6.21 Å². The third kappa shape index (κ3) is 2.54. The maximum absolute atomic E-state index is 11.1. The van der Waals surface area contributed by atoms with E-state index >= 15 is 0 Å². The summed E-state index contributed by atoms with van der Waals surface area (Å²) in [6.45, 7) is 0. The van der Waals surface area contributed by atoms with Crippen LogP contribution in [0.25, 0.3) is 21.5 Å². The number of rotatable bonds is 2. The zero-order chi connectivity index (χ0) is 14.7. The van der Waals surface area contributed by atoms with Crippen molar-refractivity contribution in [2.24, 2.45) is 10.9 Å². The first-order valence-corrected chi connectivity index (χ1v) is 6.50. The van der Waals surface area contributed by atoms with Gasteiger partial charge in [0.15, 0.2) is 0 Å². The first kappa shape index (κ1) is 13.1. The van der Waals surface area contributed by atoms with Gasteiger partial charge >= 0.3 is 6.03 Å². The molecule has 0 aliphatic carbocycles. The highest BCUT2D eigenvalue weighted by atomic mass is 16.2. The topological polar surface area (TPSA) is 79.5 Å². The average Bonchev–Trinajstić information content (AvgIpc) is 2.54. The summed E-state index contributed by atoms with van der Waals surface area (Å²) in [6, 6.07) is 17.7. The number of urea groups is 1. The third-order valence-corrected chi connectivity index (χ3v) is 3.30. The molecule has 0 aliphatic rings. The number of carbonyl (C=O) groups is 1. The van der Waals surface area contributed by atoms with Crippen molar-refractivity contribution in [2.75, 3.05) is 0 Å². The summed E-state index contributed by atoms with van der Waals surface area (Å²) < 4.78 is 0. The van der Waals surface area contributed by atoms with Gasteiger partial charge in [0.2, 0.25) is 0 Å². The van der Waals surface area contributed by atoms with Crippen LogP contribution in [0.5, 0.6) is 0 Å². The lowest BCUT2D eigenvalue weighted by atomic mass is 9.97. The molecule has 0 spiro atoms. The largest absolute Gasteiger partial charge is 0.349 e. The van der Waals surface area contributed by atoms with E-state index in [1.165, 1.54) is 0 Å². The summed E-state index contributed by atoms with van der Waals surface area (Å²) >= 11 is 0. The molecule has 4 N–H and O–H groups in total. The Bertz CT molecular complexity index is 788. The predicted octanol–water partition coefficient (Wildman–Crippen LogP) is 2.50. The van der Waals surface area contributed by atoms with Crippen molar-refractivity contribution in [1.29, 1.82) is 0 Å². The Hall–Kier alpha value is -2.92. The van der Waals surface area contributed by atoms with Gasteiger partial charge < -0.3 is 0 Å². The number of hydrogen-bond donors (Lipinski definition) is 3. The number of hydrazone groups is 1. The van der Waals surface area contributed by atoms with E-state index in [0.29, 0.717) is 0 Å². The van der Waals surface area contributed by atoms with E-state index in [2.05, 4.69) is 28.7 Å². The van der Waals surface area contributed by atoms with Crippen molar-refractivity contribution in [1.82, 2.24) is 10.9 Å². The van der Waals surface area contributed by atoms with E-state index in [-0.39, 0.29) is 0 Å². The molecule has 3 aromatic rings. The van der Waals surface area contributed by atoms with Crippen LogP contribution in [0.1, 0.15) is 5.56 Å². The van der Waals surface area contributed by atoms with Gasteiger partial charge in [-0.3, -0.25) is 5.43 Å². The van der Waals surface area contributed by atoms with Crippen molar-refractivity contribution in [2.45, 2.75) is 0 Å². The molecular formula is C16H14N4O. The number of nitrogens with two attached hydrogens (primary N) is 1. The van der Waals surface area contributed by atoms with Gasteiger partial charge in [-0.15, -0.1) is 0 Å². The molecule has 0 heterocycles. The van der Waals surface area contributed by atoms with E-state index in [0.717, 1.165) is 27.1 Å². The molecule has 0 aliphatic heterocycles. The molecule has 0 bridgehead atoms. The van der Waals surface area contributed by atoms with E-state index < -0.39 is 6.03 Å². The van der Waals surface area contributed by atoms with Crippen molar-refractivity contribution < 1.29 is 4.79 Å². The van der Waals surface area contributed by atoms with Gasteiger partial charge in [0.25, 0.3) is 0 Å². The number of carbonyl (C=O) groups excluding carboxylic acids is 1. The van der Waals surface area contributed by atoms with Crippen molar-refractivity contribution in [3.63, 3.8) is 0 Å². The van der Waals surface area contributed by atoms with Crippen molar-refractivity contribution >= 4 is 33.8 Å². The molecular weight excluding hydrogens is 264 g/mol. The number of benzene rings is 3. The lowest BCUT2D eigenvalue weighted by Crippen LogP contribution is -2.37. The molecule has 2 amide bonds. The Labute approximate surface area is 121 Å². The summed E-state index contributed by atoms with van der Waals surface area (Å²) in [7, 11) is 0. The Morgan fingerprint density at radius 2 is 1.57 bits per heavy atom. The van der Waals surface area contributed by atoms with Crippen LogP contribution in [-0.4, -0.2) is 12.2 Å². The summed E-state index contributed by atoms with van der Waals surface area (Å²) in [6.07, 6.45) is 1.64. The van der Waals surface area contributed by atoms with Gasteiger partial charge in [0, 0.05) is 5.56 Å². The lowest BCUT2D eigenvalue weighted by molar-refractivity contribution is 0.241. The summed E-state index contributed by atoms with van der Waals surface area (Å²) in [5.41, 5.74) is 5.23. The minimum atomic E-state index is -0.559. The highest BCUT2D eigenvalue weighted by Gasteiger charge is 2.05. The molecule has 0 atom stereocenters. The number of amides is 2. The molecule has 21 heavy (non-hydrogen) atoms. The lowest BCUT2D eigenvalue weighted by Gasteiger charge is -2.07. The predicted molar refractivity (Wildman–Crippen MR) is 84.9 cm³/mol. The van der Waals surface area contributed by atoms with Crippen LogP contribution in [0.15, 0.2) is 59.7 Å². The number of nitrogens with zero attached hydrogens (tertiary/aromatic N) is 1. The fraction of sp³-hybridized carbons (Fsp3) is 0. The molecule has 0 fully saturated rings. The van der Waals surface area contributed by atoms with Gasteiger partial charge in [-0.2, -0.15) is 5.10 Å². The molecule has 104 valence electrons. The number of hydrogen-bond acceptors (Lipinski definition) is 3. The fourth-order valence-electron chi connectivity index (χ4n) is 2.38. The second-order valence-corrected chi connectivity index (χ2v) is 4.58. The SMILES string of the molecule is NNC(=O)N/N=C/c1c2ccccc2cc2ccccc12. The Morgan fingerprint density at radius 1 is 1.00 bits per heavy atom. The van der Waals surface area contributed by atoms with Crippen LogP contribution >= 0.6 is 0 Å². The van der Waals surface area contributed by atoms with Crippen LogP contribution in [-0.2, 0) is 0 Å². The standard InChI is InChI=1S/C16H14N4O/c17-19-16(21)20-18-10-15-13-7-3-1-5-11(13)9-12-6-2-4-8-14(12)15/h1-10H,17H2,(H2,19,20,21)/b18-10+. The molecule has 5 heteroatoms. The van der Waals surface area contributed by atoms with Crippen molar-refractivity contribution in [3.8, 4) is 0 Å². The molecule has 3 aromatic carbocycles.